The van der Waals surface area contributed by atoms with E-state index in [4.69, 9.17) is 0 Å². The van der Waals surface area contributed by atoms with Gasteiger partial charge in [0.05, 0.1) is 11.8 Å². The number of halogens is 3. The Bertz CT molecular complexity index is 412. The first-order chi connectivity index (χ1) is 9.29. The average molecular weight is 292 g/mol. The molecule has 20 heavy (non-hydrogen) atoms. The first-order valence-electron chi connectivity index (χ1n) is 6.48. The molecule has 2 fully saturated rings. The van der Waals surface area contributed by atoms with Gasteiger partial charge in [0.1, 0.15) is 13.1 Å². The van der Waals surface area contributed by atoms with Gasteiger partial charge in [-0.2, -0.15) is 13.2 Å². The number of carbonyl (C=O) groups excluding carboxylic acids is 3. The Hall–Kier alpha value is -1.60. The predicted molar refractivity (Wildman–Crippen MR) is 61.2 cm³/mol. The fourth-order valence-electron chi connectivity index (χ4n) is 2.79. The maximum absolute atomic E-state index is 12.0. The van der Waals surface area contributed by atoms with Gasteiger partial charge in [-0.3, -0.25) is 19.3 Å². The molecule has 1 heterocycles. The summed E-state index contributed by atoms with van der Waals surface area (Å²) in [6.07, 6.45) is -1.59. The summed E-state index contributed by atoms with van der Waals surface area (Å²) in [4.78, 5) is 36.2. The molecule has 0 aromatic carbocycles. The van der Waals surface area contributed by atoms with Crippen LogP contribution in [-0.2, 0) is 14.4 Å². The van der Waals surface area contributed by atoms with Crippen molar-refractivity contribution in [3.63, 3.8) is 0 Å². The summed E-state index contributed by atoms with van der Waals surface area (Å²) in [5.74, 6) is -2.62. The third-order valence-corrected chi connectivity index (χ3v) is 3.72. The van der Waals surface area contributed by atoms with Gasteiger partial charge in [-0.15, -0.1) is 0 Å². The van der Waals surface area contributed by atoms with Crippen LogP contribution in [0, 0.1) is 11.8 Å². The predicted octanol–water partition coefficient (Wildman–Crippen LogP) is 0.840. The summed E-state index contributed by atoms with van der Waals surface area (Å²) in [5.41, 5.74) is 0. The highest BCUT2D eigenvalue weighted by atomic mass is 19.4. The van der Waals surface area contributed by atoms with Crippen LogP contribution in [-0.4, -0.2) is 41.9 Å². The molecule has 5 nitrogen and oxygen atoms in total. The minimum absolute atomic E-state index is 0.397. The van der Waals surface area contributed by atoms with Gasteiger partial charge in [0.15, 0.2) is 0 Å². The van der Waals surface area contributed by atoms with Crippen LogP contribution >= 0.6 is 0 Å². The van der Waals surface area contributed by atoms with Crippen molar-refractivity contribution >= 4 is 17.7 Å². The van der Waals surface area contributed by atoms with Crippen LogP contribution < -0.4 is 5.32 Å². The lowest BCUT2D eigenvalue weighted by Crippen LogP contribution is -2.43. The van der Waals surface area contributed by atoms with Crippen molar-refractivity contribution < 1.29 is 27.6 Å². The van der Waals surface area contributed by atoms with Crippen molar-refractivity contribution in [2.75, 3.05) is 13.1 Å². The maximum atomic E-state index is 12.0. The molecule has 2 atom stereocenters. The molecule has 0 spiro atoms. The molecule has 1 aliphatic heterocycles. The Kier molecular flexibility index (Phi) is 4.01. The monoisotopic (exact) mass is 292 g/mol. The topological polar surface area (TPSA) is 66.5 Å². The van der Waals surface area contributed by atoms with Crippen LogP contribution in [0.2, 0.25) is 0 Å². The van der Waals surface area contributed by atoms with Crippen molar-refractivity contribution in [2.24, 2.45) is 11.8 Å². The summed E-state index contributed by atoms with van der Waals surface area (Å²) in [7, 11) is 0. The van der Waals surface area contributed by atoms with Gasteiger partial charge >= 0.3 is 6.18 Å². The van der Waals surface area contributed by atoms with E-state index in [2.05, 4.69) is 0 Å². The number of alkyl halides is 3. The Labute approximate surface area is 113 Å². The van der Waals surface area contributed by atoms with Gasteiger partial charge in [-0.1, -0.05) is 12.8 Å². The van der Waals surface area contributed by atoms with E-state index in [0.717, 1.165) is 17.7 Å². The van der Waals surface area contributed by atoms with Gasteiger partial charge in [0.25, 0.3) is 0 Å². The maximum Gasteiger partial charge on any atom is 0.405 e. The molecule has 2 aliphatic rings. The van der Waals surface area contributed by atoms with E-state index in [1.54, 1.807) is 5.32 Å². The lowest BCUT2D eigenvalue weighted by atomic mass is 9.81. The summed E-state index contributed by atoms with van der Waals surface area (Å²) < 4.78 is 35.9. The van der Waals surface area contributed by atoms with Crippen LogP contribution in [0.3, 0.4) is 0 Å². The fourth-order valence-corrected chi connectivity index (χ4v) is 2.79. The SMILES string of the molecule is O=C(CN1C(=O)C2CCCCC2C1=O)NCC(F)(F)F. The van der Waals surface area contributed by atoms with E-state index in [1.807, 2.05) is 0 Å². The number of rotatable bonds is 3. The lowest BCUT2D eigenvalue weighted by Gasteiger charge is -2.19. The summed E-state index contributed by atoms with van der Waals surface area (Å²) in [5, 5.41) is 1.66. The normalized spacial score (nSPS) is 26.6. The Morgan fingerprint density at radius 3 is 2.10 bits per heavy atom. The van der Waals surface area contributed by atoms with E-state index in [-0.39, 0.29) is 0 Å². The van der Waals surface area contributed by atoms with Crippen molar-refractivity contribution in [1.82, 2.24) is 10.2 Å². The van der Waals surface area contributed by atoms with Crippen molar-refractivity contribution in [3.05, 3.63) is 0 Å². The quantitative estimate of drug-likeness (QED) is 0.784. The second-order valence-electron chi connectivity index (χ2n) is 5.15. The highest BCUT2D eigenvalue weighted by Crippen LogP contribution is 2.37. The van der Waals surface area contributed by atoms with E-state index < -0.39 is 48.8 Å². The van der Waals surface area contributed by atoms with Gasteiger partial charge < -0.3 is 5.32 Å². The van der Waals surface area contributed by atoms with Crippen molar-refractivity contribution in [3.8, 4) is 0 Å². The highest BCUT2D eigenvalue weighted by molar-refractivity contribution is 6.07. The van der Waals surface area contributed by atoms with Crippen LogP contribution in [0.25, 0.3) is 0 Å². The lowest BCUT2D eigenvalue weighted by molar-refractivity contribution is -0.146. The molecular formula is C12H15F3N2O3. The molecule has 1 N–H and O–H groups in total. The third kappa shape index (κ3) is 3.10. The number of fused-ring (bicyclic) bond motifs is 1. The van der Waals surface area contributed by atoms with E-state index >= 15 is 0 Å². The van der Waals surface area contributed by atoms with Crippen LogP contribution in [0.5, 0.6) is 0 Å². The van der Waals surface area contributed by atoms with Crippen LogP contribution in [0.1, 0.15) is 25.7 Å². The highest BCUT2D eigenvalue weighted by Gasteiger charge is 2.48. The Morgan fingerprint density at radius 1 is 1.15 bits per heavy atom. The van der Waals surface area contributed by atoms with Crippen molar-refractivity contribution in [1.29, 1.82) is 0 Å². The molecule has 0 radical (unpaired) electrons. The number of hydrogen-bond acceptors (Lipinski definition) is 3. The number of hydrogen-bond donors (Lipinski definition) is 1. The molecule has 2 unspecified atom stereocenters. The molecule has 0 bridgehead atoms. The van der Waals surface area contributed by atoms with E-state index in [0.29, 0.717) is 12.8 Å². The number of nitrogens with zero attached hydrogens (tertiary/aromatic N) is 1. The molecule has 1 aliphatic carbocycles. The Morgan fingerprint density at radius 2 is 1.65 bits per heavy atom. The summed E-state index contributed by atoms with van der Waals surface area (Å²) >= 11 is 0. The third-order valence-electron chi connectivity index (χ3n) is 3.72. The van der Waals surface area contributed by atoms with Crippen LogP contribution in [0.15, 0.2) is 0 Å². The molecule has 8 heteroatoms. The minimum atomic E-state index is -4.51. The van der Waals surface area contributed by atoms with E-state index in [9.17, 15) is 27.6 Å². The summed E-state index contributed by atoms with van der Waals surface area (Å²) in [6, 6.07) is 0. The molecule has 3 amide bonds. The largest absolute Gasteiger partial charge is 0.405 e. The first-order valence-corrected chi connectivity index (χ1v) is 6.48. The standard InChI is InChI=1S/C12H15F3N2O3/c13-12(14,15)6-16-9(18)5-17-10(19)7-3-1-2-4-8(7)11(17)20/h7-8H,1-6H2,(H,16,18). The van der Waals surface area contributed by atoms with Crippen LogP contribution in [0.4, 0.5) is 13.2 Å². The minimum Gasteiger partial charge on any atom is -0.345 e. The zero-order valence-electron chi connectivity index (χ0n) is 10.7. The average Bonchev–Trinajstić information content (AvgIpc) is 2.62. The number of carbonyl (C=O) groups is 3. The first kappa shape index (κ1) is 14.8. The fraction of sp³-hybridized carbons (Fsp3) is 0.750. The number of imide groups is 1. The molecule has 0 aromatic heterocycles. The van der Waals surface area contributed by atoms with Gasteiger partial charge in [0.2, 0.25) is 17.7 Å². The second kappa shape index (κ2) is 5.41. The molecule has 1 saturated heterocycles. The molecule has 0 aromatic rings. The van der Waals surface area contributed by atoms with E-state index in [1.165, 1.54) is 0 Å². The smallest absolute Gasteiger partial charge is 0.345 e. The number of nitrogens with one attached hydrogen (secondary N) is 1. The second-order valence-corrected chi connectivity index (χ2v) is 5.15. The Balaban J connectivity index is 1.94. The zero-order chi connectivity index (χ0) is 14.9. The van der Waals surface area contributed by atoms with Crippen molar-refractivity contribution in [2.45, 2.75) is 31.9 Å². The zero-order valence-corrected chi connectivity index (χ0v) is 10.7. The number of likely N-dealkylation sites (tertiary alicyclic amines) is 1. The molecule has 2 rings (SSSR count). The molecule has 1 saturated carbocycles. The summed E-state index contributed by atoms with van der Waals surface area (Å²) in [6.45, 7) is -2.09. The number of amides is 3. The van der Waals surface area contributed by atoms with Gasteiger partial charge in [0, 0.05) is 0 Å². The molecule has 112 valence electrons. The van der Waals surface area contributed by atoms with Gasteiger partial charge in [-0.05, 0) is 12.8 Å². The van der Waals surface area contributed by atoms with Gasteiger partial charge in [-0.25, -0.2) is 0 Å². The molecular weight excluding hydrogens is 277 g/mol.